The number of amides is 1. The molecule has 0 spiro atoms. The number of pyridine rings is 1. The summed E-state index contributed by atoms with van der Waals surface area (Å²) >= 11 is 0. The average molecular weight is 220 g/mol. The van der Waals surface area contributed by atoms with Crippen LogP contribution < -0.4 is 16.0 Å². The Labute approximate surface area is 94.6 Å². The van der Waals surface area contributed by atoms with E-state index in [1.807, 2.05) is 17.0 Å². The summed E-state index contributed by atoms with van der Waals surface area (Å²) in [5.41, 5.74) is 7.33. The highest BCUT2D eigenvalue weighted by Gasteiger charge is 2.14. The third kappa shape index (κ3) is 2.49. The fourth-order valence-corrected chi connectivity index (χ4v) is 1.75. The summed E-state index contributed by atoms with van der Waals surface area (Å²) < 4.78 is 0. The zero-order valence-corrected chi connectivity index (χ0v) is 9.15. The molecule has 0 radical (unpaired) electrons. The lowest BCUT2D eigenvalue weighted by atomic mass is 10.3. The first-order valence-electron chi connectivity index (χ1n) is 5.46. The fraction of sp³-hybridized carbons (Fsp3) is 0.455. The van der Waals surface area contributed by atoms with Crippen LogP contribution in [0.15, 0.2) is 18.3 Å². The smallest absolute Gasteiger partial charge is 0.239 e. The monoisotopic (exact) mass is 220 g/mol. The fourth-order valence-electron chi connectivity index (χ4n) is 1.75. The highest BCUT2D eigenvalue weighted by atomic mass is 16.2. The van der Waals surface area contributed by atoms with Crippen molar-refractivity contribution in [1.82, 2.24) is 10.3 Å². The Morgan fingerprint density at radius 3 is 3.06 bits per heavy atom. The molecule has 1 aromatic rings. The molecule has 0 bridgehead atoms. The van der Waals surface area contributed by atoms with Gasteiger partial charge in [0.1, 0.15) is 0 Å². The number of aromatic nitrogens is 1. The van der Waals surface area contributed by atoms with Crippen molar-refractivity contribution in [1.29, 1.82) is 0 Å². The van der Waals surface area contributed by atoms with E-state index in [1.54, 1.807) is 6.20 Å². The molecular weight excluding hydrogens is 204 g/mol. The Hall–Kier alpha value is -1.62. The van der Waals surface area contributed by atoms with Gasteiger partial charge in [-0.2, -0.15) is 0 Å². The number of hydrogen-bond donors (Lipinski definition) is 2. The Balaban J connectivity index is 2.12. The van der Waals surface area contributed by atoms with Gasteiger partial charge in [-0.1, -0.05) is 0 Å². The van der Waals surface area contributed by atoms with Crippen LogP contribution in [0.1, 0.15) is 12.1 Å². The largest absolute Gasteiger partial charge is 0.361 e. The van der Waals surface area contributed by atoms with Gasteiger partial charge in [-0.25, -0.2) is 0 Å². The second-order valence-electron chi connectivity index (χ2n) is 3.84. The summed E-state index contributed by atoms with van der Waals surface area (Å²) in [6.07, 6.45) is 2.74. The van der Waals surface area contributed by atoms with Crippen molar-refractivity contribution in [3.63, 3.8) is 0 Å². The van der Waals surface area contributed by atoms with E-state index < -0.39 is 0 Å². The lowest BCUT2D eigenvalue weighted by molar-refractivity contribution is -0.119. The van der Waals surface area contributed by atoms with Gasteiger partial charge in [0.15, 0.2) is 0 Å². The number of anilines is 1. The molecule has 0 atom stereocenters. The summed E-state index contributed by atoms with van der Waals surface area (Å²) in [6.45, 7) is 2.48. The molecule has 2 rings (SSSR count). The topological polar surface area (TPSA) is 71.2 Å². The lowest BCUT2D eigenvalue weighted by Gasteiger charge is -2.20. The van der Waals surface area contributed by atoms with Crippen molar-refractivity contribution < 1.29 is 4.79 Å². The predicted molar refractivity (Wildman–Crippen MR) is 62.0 cm³/mol. The van der Waals surface area contributed by atoms with Gasteiger partial charge in [-0.15, -0.1) is 0 Å². The number of carbonyl (C=O) groups is 1. The first-order chi connectivity index (χ1) is 7.79. The van der Waals surface area contributed by atoms with E-state index in [0.717, 1.165) is 30.9 Å². The van der Waals surface area contributed by atoms with Crippen molar-refractivity contribution in [2.24, 2.45) is 5.73 Å². The minimum atomic E-state index is 0.0698. The van der Waals surface area contributed by atoms with Crippen LogP contribution in [0.2, 0.25) is 0 Å². The van der Waals surface area contributed by atoms with E-state index in [0.29, 0.717) is 13.1 Å². The van der Waals surface area contributed by atoms with Gasteiger partial charge in [0, 0.05) is 19.6 Å². The Kier molecular flexibility index (Phi) is 3.36. The molecule has 5 heteroatoms. The molecule has 0 unspecified atom stereocenters. The molecule has 1 aromatic heterocycles. The van der Waals surface area contributed by atoms with E-state index in [1.165, 1.54) is 0 Å². The number of nitrogens with zero attached hydrogens (tertiary/aromatic N) is 2. The molecule has 3 N–H and O–H groups in total. The van der Waals surface area contributed by atoms with Gasteiger partial charge >= 0.3 is 0 Å². The second kappa shape index (κ2) is 4.94. The van der Waals surface area contributed by atoms with Gasteiger partial charge in [0.05, 0.1) is 24.1 Å². The van der Waals surface area contributed by atoms with Crippen LogP contribution >= 0.6 is 0 Å². The van der Waals surface area contributed by atoms with Gasteiger partial charge < -0.3 is 16.0 Å². The van der Waals surface area contributed by atoms with Gasteiger partial charge in [0.2, 0.25) is 5.91 Å². The molecule has 1 saturated heterocycles. The molecule has 0 saturated carbocycles. The van der Waals surface area contributed by atoms with Crippen molar-refractivity contribution >= 4 is 11.6 Å². The molecule has 0 aliphatic carbocycles. The SMILES string of the molecule is NCc1ccc(N2CCCNC(=O)C2)cn1. The first-order valence-corrected chi connectivity index (χ1v) is 5.46. The highest BCUT2D eigenvalue weighted by Crippen LogP contribution is 2.14. The van der Waals surface area contributed by atoms with Crippen LogP contribution in [-0.4, -0.2) is 30.5 Å². The molecule has 5 nitrogen and oxygen atoms in total. The summed E-state index contributed by atoms with van der Waals surface area (Å²) in [4.78, 5) is 17.7. The summed E-state index contributed by atoms with van der Waals surface area (Å²) in [5, 5.41) is 2.85. The Morgan fingerprint density at radius 1 is 1.50 bits per heavy atom. The molecule has 16 heavy (non-hydrogen) atoms. The molecule has 0 aromatic carbocycles. The van der Waals surface area contributed by atoms with E-state index in [-0.39, 0.29) is 5.91 Å². The van der Waals surface area contributed by atoms with Crippen molar-refractivity contribution in [3.8, 4) is 0 Å². The quantitative estimate of drug-likeness (QED) is 0.728. The van der Waals surface area contributed by atoms with Gasteiger partial charge in [0.25, 0.3) is 0 Å². The average Bonchev–Trinajstić information content (AvgIpc) is 2.54. The second-order valence-corrected chi connectivity index (χ2v) is 3.84. The van der Waals surface area contributed by atoms with E-state index >= 15 is 0 Å². The minimum absolute atomic E-state index is 0.0698. The number of rotatable bonds is 2. The highest BCUT2D eigenvalue weighted by molar-refractivity contribution is 5.81. The first kappa shape index (κ1) is 10.9. The number of hydrogen-bond acceptors (Lipinski definition) is 4. The van der Waals surface area contributed by atoms with Crippen molar-refractivity contribution in [2.45, 2.75) is 13.0 Å². The molecule has 86 valence electrons. The van der Waals surface area contributed by atoms with E-state index in [2.05, 4.69) is 10.3 Å². The number of carbonyl (C=O) groups excluding carboxylic acids is 1. The molecule has 1 aliphatic rings. The molecule has 1 aliphatic heterocycles. The zero-order valence-electron chi connectivity index (χ0n) is 9.15. The normalized spacial score (nSPS) is 16.8. The van der Waals surface area contributed by atoms with Crippen LogP contribution in [0.3, 0.4) is 0 Å². The van der Waals surface area contributed by atoms with Crippen LogP contribution in [0, 0.1) is 0 Å². The maximum Gasteiger partial charge on any atom is 0.239 e. The van der Waals surface area contributed by atoms with E-state index in [4.69, 9.17) is 5.73 Å². The van der Waals surface area contributed by atoms with Crippen LogP contribution in [0.4, 0.5) is 5.69 Å². The third-order valence-electron chi connectivity index (χ3n) is 2.64. The molecule has 1 fully saturated rings. The third-order valence-corrected chi connectivity index (χ3v) is 2.64. The van der Waals surface area contributed by atoms with E-state index in [9.17, 15) is 4.79 Å². The number of nitrogens with two attached hydrogens (primary N) is 1. The van der Waals surface area contributed by atoms with Crippen LogP contribution in [-0.2, 0) is 11.3 Å². The zero-order chi connectivity index (χ0) is 11.4. The van der Waals surface area contributed by atoms with Crippen molar-refractivity contribution in [3.05, 3.63) is 24.0 Å². The predicted octanol–water partition coefficient (Wildman–Crippen LogP) is -0.133. The summed E-state index contributed by atoms with van der Waals surface area (Å²) in [7, 11) is 0. The van der Waals surface area contributed by atoms with Gasteiger partial charge in [-0.05, 0) is 18.6 Å². The summed E-state index contributed by atoms with van der Waals surface area (Å²) in [5.74, 6) is 0.0698. The van der Waals surface area contributed by atoms with Gasteiger partial charge in [-0.3, -0.25) is 9.78 Å². The molecule has 1 amide bonds. The molecular formula is C11H16N4O. The molecule has 2 heterocycles. The van der Waals surface area contributed by atoms with Crippen LogP contribution in [0.25, 0.3) is 0 Å². The maximum atomic E-state index is 11.4. The van der Waals surface area contributed by atoms with Crippen molar-refractivity contribution in [2.75, 3.05) is 24.5 Å². The Morgan fingerprint density at radius 2 is 2.38 bits per heavy atom. The number of nitrogens with one attached hydrogen (secondary N) is 1. The maximum absolute atomic E-state index is 11.4. The summed E-state index contributed by atoms with van der Waals surface area (Å²) in [6, 6.07) is 3.87. The Bertz CT molecular complexity index is 363. The minimum Gasteiger partial charge on any atom is -0.361 e. The lowest BCUT2D eigenvalue weighted by Crippen LogP contribution is -2.33. The van der Waals surface area contributed by atoms with Crippen LogP contribution in [0.5, 0.6) is 0 Å². The standard InChI is InChI=1S/C11H16N4O/c12-6-9-2-3-10(7-14-9)15-5-1-4-13-11(16)8-15/h2-3,7H,1,4-6,8,12H2,(H,13,16).